The Morgan fingerprint density at radius 1 is 1.67 bits per heavy atom. The highest BCUT2D eigenvalue weighted by atomic mass is 32.2. The van der Waals surface area contributed by atoms with E-state index in [9.17, 15) is 9.00 Å². The van der Waals surface area contributed by atoms with E-state index in [4.69, 9.17) is 4.55 Å². The van der Waals surface area contributed by atoms with Gasteiger partial charge in [0.05, 0.1) is 0 Å². The third-order valence-corrected chi connectivity index (χ3v) is 1.44. The van der Waals surface area contributed by atoms with Crippen LogP contribution in [0.25, 0.3) is 0 Å². The molecule has 0 bridgehead atoms. The average Bonchev–Trinajstić information content (AvgIpc) is 1.63. The predicted octanol–water partition coefficient (Wildman–Crippen LogP) is 0.433. The normalized spacial score (nSPS) is 13.8. The van der Waals surface area contributed by atoms with Gasteiger partial charge in [-0.15, -0.1) is 0 Å². The highest BCUT2D eigenvalue weighted by molar-refractivity contribution is 7.80. The molecule has 0 aliphatic rings. The largest absolute Gasteiger partial charge is 0.306 e. The van der Waals surface area contributed by atoms with Gasteiger partial charge in [-0.2, -0.15) is 0 Å². The molecule has 1 unspecified atom stereocenters. The molecule has 0 rings (SSSR count). The van der Waals surface area contributed by atoms with E-state index in [1.54, 1.807) is 13.8 Å². The Morgan fingerprint density at radius 3 is 2.22 bits per heavy atom. The first-order chi connectivity index (χ1) is 4.04. The monoisotopic (exact) mass is 150 g/mol. The summed E-state index contributed by atoms with van der Waals surface area (Å²) in [6, 6.07) is 0. The molecule has 0 heterocycles. The third kappa shape index (κ3) is 4.29. The smallest absolute Gasteiger partial charge is 0.160 e. The Hall–Kier alpha value is -0.220. The maximum absolute atomic E-state index is 10.6. The molecule has 0 saturated carbocycles. The summed E-state index contributed by atoms with van der Waals surface area (Å²) in [5.74, 6) is -0.547. The van der Waals surface area contributed by atoms with Crippen LogP contribution in [0.4, 0.5) is 0 Å². The van der Waals surface area contributed by atoms with Crippen LogP contribution < -0.4 is 0 Å². The Morgan fingerprint density at radius 2 is 2.11 bits per heavy atom. The molecule has 0 spiro atoms. The fraction of sp³-hybridized carbons (Fsp3) is 0.800. The zero-order chi connectivity index (χ0) is 7.44. The average molecular weight is 150 g/mol. The fourth-order valence-electron chi connectivity index (χ4n) is 0.288. The molecule has 0 aromatic rings. The summed E-state index contributed by atoms with van der Waals surface area (Å²) in [4.78, 5) is 10.6. The van der Waals surface area contributed by atoms with E-state index in [0.29, 0.717) is 0 Å². The fourth-order valence-corrected chi connectivity index (χ4v) is 0.865. The summed E-state index contributed by atoms with van der Waals surface area (Å²) >= 11 is -1.97. The molecule has 0 aromatic carbocycles. The minimum Gasteiger partial charge on any atom is -0.306 e. The van der Waals surface area contributed by atoms with Crippen molar-refractivity contribution < 1.29 is 13.6 Å². The first-order valence-corrected chi connectivity index (χ1v) is 3.91. The maximum atomic E-state index is 10.6. The molecule has 0 radical (unpaired) electrons. The van der Waals surface area contributed by atoms with E-state index in [2.05, 4.69) is 0 Å². The van der Waals surface area contributed by atoms with E-state index in [0.717, 1.165) is 0 Å². The molecule has 0 aromatic heterocycles. The van der Waals surface area contributed by atoms with Gasteiger partial charge >= 0.3 is 0 Å². The molecule has 1 N–H and O–H groups in total. The van der Waals surface area contributed by atoms with Crippen LogP contribution in [0, 0.1) is 5.92 Å². The van der Waals surface area contributed by atoms with E-state index in [-0.39, 0.29) is 17.5 Å². The van der Waals surface area contributed by atoms with Gasteiger partial charge in [-0.3, -0.25) is 4.79 Å². The first kappa shape index (κ1) is 8.78. The highest BCUT2D eigenvalue weighted by Gasteiger charge is 2.08. The lowest BCUT2D eigenvalue weighted by atomic mass is 10.1. The van der Waals surface area contributed by atoms with Gasteiger partial charge in [0, 0.05) is 5.92 Å². The lowest BCUT2D eigenvalue weighted by molar-refractivity contribution is -0.119. The maximum Gasteiger partial charge on any atom is 0.160 e. The van der Waals surface area contributed by atoms with Gasteiger partial charge in [0.15, 0.2) is 11.1 Å². The van der Waals surface area contributed by atoms with Crippen LogP contribution in [0.3, 0.4) is 0 Å². The summed E-state index contributed by atoms with van der Waals surface area (Å²) in [5.41, 5.74) is 0. The SMILES string of the molecule is CC(C)C(=O)CS(=O)O. The van der Waals surface area contributed by atoms with Crippen molar-refractivity contribution >= 4 is 16.9 Å². The van der Waals surface area contributed by atoms with Crippen molar-refractivity contribution in [3.05, 3.63) is 0 Å². The van der Waals surface area contributed by atoms with Crippen molar-refractivity contribution in [3.8, 4) is 0 Å². The van der Waals surface area contributed by atoms with Crippen molar-refractivity contribution in [1.29, 1.82) is 0 Å². The molecule has 3 nitrogen and oxygen atoms in total. The minimum absolute atomic E-state index is 0.138. The van der Waals surface area contributed by atoms with Crippen molar-refractivity contribution in [2.45, 2.75) is 13.8 Å². The summed E-state index contributed by atoms with van der Waals surface area (Å²) in [5, 5.41) is 0. The molecule has 0 saturated heterocycles. The zero-order valence-corrected chi connectivity index (χ0v) is 6.27. The Kier molecular flexibility index (Phi) is 3.65. The summed E-state index contributed by atoms with van der Waals surface area (Å²) in [7, 11) is 0. The highest BCUT2D eigenvalue weighted by Crippen LogP contribution is 1.94. The van der Waals surface area contributed by atoms with Gasteiger partial charge in [-0.25, -0.2) is 4.21 Å². The number of hydrogen-bond donors (Lipinski definition) is 1. The number of ketones is 1. The van der Waals surface area contributed by atoms with Gasteiger partial charge < -0.3 is 4.55 Å². The number of Topliss-reactive ketones (excluding diaryl/α,β-unsaturated/α-hetero) is 1. The van der Waals surface area contributed by atoms with E-state index in [1.807, 2.05) is 0 Å². The van der Waals surface area contributed by atoms with Gasteiger partial charge in [0.1, 0.15) is 11.5 Å². The molecule has 54 valence electrons. The van der Waals surface area contributed by atoms with Crippen LogP contribution >= 0.6 is 0 Å². The third-order valence-electron chi connectivity index (χ3n) is 0.910. The molecule has 9 heavy (non-hydrogen) atoms. The molecular formula is C5H10O3S. The van der Waals surface area contributed by atoms with Crippen LogP contribution in [0.2, 0.25) is 0 Å². The molecule has 0 fully saturated rings. The lowest BCUT2D eigenvalue weighted by Gasteiger charge is -1.98. The van der Waals surface area contributed by atoms with Gasteiger partial charge in [-0.1, -0.05) is 13.8 Å². The number of carbonyl (C=O) groups is 1. The van der Waals surface area contributed by atoms with Crippen molar-refractivity contribution in [1.82, 2.24) is 0 Å². The standard InChI is InChI=1S/C5H10O3S/c1-4(2)5(6)3-9(7)8/h4H,3H2,1-2H3,(H,7,8). The van der Waals surface area contributed by atoms with Gasteiger partial charge in [0.2, 0.25) is 0 Å². The summed E-state index contributed by atoms with van der Waals surface area (Å²) < 4.78 is 18.2. The van der Waals surface area contributed by atoms with E-state index < -0.39 is 11.1 Å². The molecule has 1 atom stereocenters. The van der Waals surface area contributed by atoms with Crippen LogP contribution in [-0.4, -0.2) is 20.3 Å². The van der Waals surface area contributed by atoms with E-state index >= 15 is 0 Å². The molecule has 0 amide bonds. The number of carbonyl (C=O) groups excluding carboxylic acids is 1. The van der Waals surface area contributed by atoms with Crippen LogP contribution in [0.15, 0.2) is 0 Å². The second kappa shape index (κ2) is 3.74. The van der Waals surface area contributed by atoms with Gasteiger partial charge in [0.25, 0.3) is 0 Å². The Balaban J connectivity index is 3.64. The first-order valence-electron chi connectivity index (χ1n) is 2.64. The summed E-state index contributed by atoms with van der Waals surface area (Å²) in [6.07, 6.45) is 0. The minimum atomic E-state index is -1.97. The van der Waals surface area contributed by atoms with Crippen molar-refractivity contribution in [2.75, 3.05) is 5.75 Å². The Labute approximate surface area is 56.7 Å². The number of rotatable bonds is 3. The number of hydrogen-bond acceptors (Lipinski definition) is 2. The van der Waals surface area contributed by atoms with Crippen molar-refractivity contribution in [3.63, 3.8) is 0 Å². The van der Waals surface area contributed by atoms with Crippen LogP contribution in [0.1, 0.15) is 13.8 Å². The van der Waals surface area contributed by atoms with E-state index in [1.165, 1.54) is 0 Å². The van der Waals surface area contributed by atoms with Crippen LogP contribution in [-0.2, 0) is 15.9 Å². The Bertz CT molecular complexity index is 130. The zero-order valence-electron chi connectivity index (χ0n) is 5.46. The molecule has 4 heteroatoms. The predicted molar refractivity (Wildman–Crippen MR) is 35.5 cm³/mol. The lowest BCUT2D eigenvalue weighted by Crippen LogP contribution is -2.15. The second-order valence-electron chi connectivity index (χ2n) is 2.09. The quantitative estimate of drug-likeness (QED) is 0.594. The molecular weight excluding hydrogens is 140 g/mol. The van der Waals surface area contributed by atoms with Crippen LogP contribution in [0.5, 0.6) is 0 Å². The second-order valence-corrected chi connectivity index (χ2v) is 3.02. The van der Waals surface area contributed by atoms with Crippen molar-refractivity contribution in [2.24, 2.45) is 5.92 Å². The summed E-state index contributed by atoms with van der Waals surface area (Å²) in [6.45, 7) is 3.41. The van der Waals surface area contributed by atoms with Gasteiger partial charge in [-0.05, 0) is 0 Å². The topological polar surface area (TPSA) is 54.4 Å². The molecule has 0 aliphatic heterocycles. The molecule has 0 aliphatic carbocycles.